The highest BCUT2D eigenvalue weighted by molar-refractivity contribution is 5.92. The molecule has 0 saturated heterocycles. The highest BCUT2D eigenvalue weighted by Crippen LogP contribution is 2.18. The van der Waals surface area contributed by atoms with E-state index in [2.05, 4.69) is 29.4 Å². The Balaban J connectivity index is 1.92. The van der Waals surface area contributed by atoms with Crippen LogP contribution in [0.4, 0.5) is 17.1 Å². The van der Waals surface area contributed by atoms with Gasteiger partial charge in [-0.2, -0.15) is 0 Å². The van der Waals surface area contributed by atoms with Crippen LogP contribution < -0.4 is 15.5 Å². The second-order valence-corrected chi connectivity index (χ2v) is 5.82. The van der Waals surface area contributed by atoms with Crippen LogP contribution >= 0.6 is 0 Å². The number of benzene rings is 2. The summed E-state index contributed by atoms with van der Waals surface area (Å²) in [5.74, 6) is -0.179. The lowest BCUT2D eigenvalue weighted by Gasteiger charge is -2.21. The van der Waals surface area contributed by atoms with Crippen molar-refractivity contribution in [1.82, 2.24) is 0 Å². The van der Waals surface area contributed by atoms with Crippen molar-refractivity contribution in [3.05, 3.63) is 54.1 Å². The largest absolute Gasteiger partial charge is 0.372 e. The van der Waals surface area contributed by atoms with Gasteiger partial charge in [0, 0.05) is 37.1 Å². The monoisotopic (exact) mass is 339 g/mol. The second kappa shape index (κ2) is 8.87. The van der Waals surface area contributed by atoms with Gasteiger partial charge in [0.15, 0.2) is 0 Å². The summed E-state index contributed by atoms with van der Waals surface area (Å²) in [5.41, 5.74) is 3.56. The Morgan fingerprint density at radius 3 is 1.88 bits per heavy atom. The Morgan fingerprint density at radius 2 is 1.36 bits per heavy atom. The Kier molecular flexibility index (Phi) is 6.57. The molecule has 0 saturated carbocycles. The summed E-state index contributed by atoms with van der Waals surface area (Å²) in [6.45, 7) is 7.62. The van der Waals surface area contributed by atoms with Crippen LogP contribution in [-0.2, 0) is 16.0 Å². The van der Waals surface area contributed by atoms with E-state index in [9.17, 15) is 9.59 Å². The van der Waals surface area contributed by atoms with Crippen LogP contribution in [0.2, 0.25) is 0 Å². The van der Waals surface area contributed by atoms with Gasteiger partial charge in [-0.05, 0) is 55.8 Å². The van der Waals surface area contributed by atoms with Crippen molar-refractivity contribution in [1.29, 1.82) is 0 Å². The van der Waals surface area contributed by atoms with Gasteiger partial charge in [-0.3, -0.25) is 9.59 Å². The summed E-state index contributed by atoms with van der Waals surface area (Å²) in [6.07, 6.45) is 0.290. The van der Waals surface area contributed by atoms with E-state index >= 15 is 0 Å². The molecule has 0 unspecified atom stereocenters. The number of nitrogens with zero attached hydrogens (tertiary/aromatic N) is 1. The Labute approximate surface area is 149 Å². The second-order valence-electron chi connectivity index (χ2n) is 5.82. The van der Waals surface area contributed by atoms with E-state index in [1.807, 2.05) is 36.4 Å². The molecule has 2 aromatic rings. The molecule has 5 nitrogen and oxygen atoms in total. The summed E-state index contributed by atoms with van der Waals surface area (Å²) >= 11 is 0. The molecule has 0 aliphatic carbocycles. The third-order valence-electron chi connectivity index (χ3n) is 3.92. The van der Waals surface area contributed by atoms with Gasteiger partial charge < -0.3 is 15.5 Å². The average Bonchev–Trinajstić information content (AvgIpc) is 2.59. The number of nitrogens with one attached hydrogen (secondary N) is 2. The Hall–Kier alpha value is -2.82. The molecule has 0 aromatic heterocycles. The number of amides is 2. The zero-order chi connectivity index (χ0) is 18.2. The fraction of sp³-hybridized carbons (Fsp3) is 0.300. The van der Waals surface area contributed by atoms with E-state index < -0.39 is 0 Å². The average molecular weight is 339 g/mol. The lowest BCUT2D eigenvalue weighted by Crippen LogP contribution is -2.21. The van der Waals surface area contributed by atoms with E-state index in [1.165, 1.54) is 6.92 Å². The molecule has 0 aliphatic rings. The molecule has 2 rings (SSSR count). The van der Waals surface area contributed by atoms with E-state index in [1.54, 1.807) is 12.1 Å². The molecule has 0 spiro atoms. The van der Waals surface area contributed by atoms with Crippen LogP contribution in [0.25, 0.3) is 0 Å². The van der Waals surface area contributed by atoms with Crippen molar-refractivity contribution in [3.63, 3.8) is 0 Å². The number of hydrogen-bond acceptors (Lipinski definition) is 3. The van der Waals surface area contributed by atoms with Crippen LogP contribution in [0.15, 0.2) is 48.5 Å². The predicted molar refractivity (Wildman–Crippen MR) is 103 cm³/mol. The molecule has 2 N–H and O–H groups in total. The van der Waals surface area contributed by atoms with E-state index in [-0.39, 0.29) is 18.2 Å². The Morgan fingerprint density at radius 1 is 0.840 bits per heavy atom. The SMILES string of the molecule is CCN(CC)c1ccc(NC(=O)Cc2ccc(NC(C)=O)cc2)cc1. The van der Waals surface area contributed by atoms with Gasteiger partial charge in [0.05, 0.1) is 6.42 Å². The minimum absolute atomic E-state index is 0.0668. The zero-order valence-corrected chi connectivity index (χ0v) is 15.0. The first kappa shape index (κ1) is 18.5. The fourth-order valence-corrected chi connectivity index (χ4v) is 2.64. The quantitative estimate of drug-likeness (QED) is 0.809. The van der Waals surface area contributed by atoms with Crippen molar-refractivity contribution in [3.8, 4) is 0 Å². The van der Waals surface area contributed by atoms with Crippen molar-refractivity contribution >= 4 is 28.9 Å². The number of anilines is 3. The van der Waals surface area contributed by atoms with Crippen molar-refractivity contribution in [2.75, 3.05) is 28.6 Å². The highest BCUT2D eigenvalue weighted by atomic mass is 16.2. The van der Waals surface area contributed by atoms with Gasteiger partial charge in [-0.25, -0.2) is 0 Å². The number of carbonyl (C=O) groups is 2. The predicted octanol–water partition coefficient (Wildman–Crippen LogP) is 3.67. The van der Waals surface area contributed by atoms with Gasteiger partial charge in [0.1, 0.15) is 0 Å². The molecule has 25 heavy (non-hydrogen) atoms. The third kappa shape index (κ3) is 5.64. The van der Waals surface area contributed by atoms with Crippen LogP contribution in [-0.4, -0.2) is 24.9 Å². The van der Waals surface area contributed by atoms with Crippen LogP contribution in [0, 0.1) is 0 Å². The lowest BCUT2D eigenvalue weighted by molar-refractivity contribution is -0.116. The molecule has 0 aliphatic heterocycles. The number of carbonyl (C=O) groups excluding carboxylic acids is 2. The minimum atomic E-state index is -0.112. The van der Waals surface area contributed by atoms with Crippen molar-refractivity contribution < 1.29 is 9.59 Å². The molecule has 5 heteroatoms. The summed E-state index contributed by atoms with van der Waals surface area (Å²) in [7, 11) is 0. The standard InChI is InChI=1S/C20H25N3O2/c1-4-23(5-2)19-12-10-18(11-13-19)22-20(25)14-16-6-8-17(9-7-16)21-15(3)24/h6-13H,4-5,14H2,1-3H3,(H,21,24)(H,22,25). The molecule has 0 fully saturated rings. The van der Waals surface area contributed by atoms with Crippen molar-refractivity contribution in [2.24, 2.45) is 0 Å². The maximum Gasteiger partial charge on any atom is 0.228 e. The molecule has 0 heterocycles. The maximum absolute atomic E-state index is 12.2. The highest BCUT2D eigenvalue weighted by Gasteiger charge is 2.06. The van der Waals surface area contributed by atoms with Crippen LogP contribution in [0.3, 0.4) is 0 Å². The first-order valence-electron chi connectivity index (χ1n) is 8.53. The summed E-state index contributed by atoms with van der Waals surface area (Å²) in [4.78, 5) is 25.4. The van der Waals surface area contributed by atoms with E-state index in [0.717, 1.165) is 35.7 Å². The summed E-state index contributed by atoms with van der Waals surface area (Å²) < 4.78 is 0. The van der Waals surface area contributed by atoms with Crippen LogP contribution in [0.5, 0.6) is 0 Å². The van der Waals surface area contributed by atoms with Crippen LogP contribution in [0.1, 0.15) is 26.3 Å². The van der Waals surface area contributed by atoms with Gasteiger partial charge >= 0.3 is 0 Å². The topological polar surface area (TPSA) is 61.4 Å². The minimum Gasteiger partial charge on any atom is -0.372 e. The van der Waals surface area contributed by atoms with Gasteiger partial charge in [0.2, 0.25) is 11.8 Å². The smallest absolute Gasteiger partial charge is 0.228 e. The molecule has 0 radical (unpaired) electrons. The molecule has 2 amide bonds. The molecule has 0 bridgehead atoms. The van der Waals surface area contributed by atoms with Gasteiger partial charge in [-0.1, -0.05) is 12.1 Å². The van der Waals surface area contributed by atoms with Gasteiger partial charge in [0.25, 0.3) is 0 Å². The lowest BCUT2D eigenvalue weighted by atomic mass is 10.1. The first-order chi connectivity index (χ1) is 12.0. The van der Waals surface area contributed by atoms with E-state index in [0.29, 0.717) is 0 Å². The zero-order valence-electron chi connectivity index (χ0n) is 15.0. The summed E-state index contributed by atoms with van der Waals surface area (Å²) in [6, 6.07) is 15.2. The molecular weight excluding hydrogens is 314 g/mol. The fourth-order valence-electron chi connectivity index (χ4n) is 2.64. The molecule has 2 aromatic carbocycles. The first-order valence-corrected chi connectivity index (χ1v) is 8.53. The number of rotatable bonds is 7. The number of hydrogen-bond donors (Lipinski definition) is 2. The summed E-state index contributed by atoms with van der Waals surface area (Å²) in [5, 5.41) is 5.62. The molecule has 0 atom stereocenters. The molecule has 132 valence electrons. The maximum atomic E-state index is 12.2. The Bertz CT molecular complexity index is 705. The van der Waals surface area contributed by atoms with Crippen molar-refractivity contribution in [2.45, 2.75) is 27.2 Å². The third-order valence-corrected chi connectivity index (χ3v) is 3.92. The van der Waals surface area contributed by atoms with E-state index in [4.69, 9.17) is 0 Å². The van der Waals surface area contributed by atoms with Gasteiger partial charge in [-0.15, -0.1) is 0 Å². The normalized spacial score (nSPS) is 10.2. The molecular formula is C20H25N3O2.